The molecule has 4 rings (SSSR count). The maximum atomic E-state index is 2.43. The molecule has 0 aromatic heterocycles. The first-order chi connectivity index (χ1) is 14.6. The molecule has 3 aromatic rings. The fraction of sp³-hybridized carbons (Fsp3) is 0.379. The average Bonchev–Trinajstić information content (AvgIpc) is 2.77. The van der Waals surface area contributed by atoms with Gasteiger partial charge >= 0.3 is 0 Å². The van der Waals surface area contributed by atoms with E-state index in [-0.39, 0.29) is 5.41 Å². The van der Waals surface area contributed by atoms with Gasteiger partial charge in [0, 0.05) is 11.1 Å². The van der Waals surface area contributed by atoms with Gasteiger partial charge in [-0.25, -0.2) is 0 Å². The molecule has 0 atom stereocenters. The molecule has 0 spiro atoms. The third-order valence-electron chi connectivity index (χ3n) is 6.65. The number of benzene rings is 3. The zero-order valence-electron chi connectivity index (χ0n) is 18.8. The fourth-order valence-corrected chi connectivity index (χ4v) is 4.87. The van der Waals surface area contributed by atoms with Crippen molar-refractivity contribution in [2.75, 3.05) is 4.90 Å². The van der Waals surface area contributed by atoms with Gasteiger partial charge in [0.15, 0.2) is 0 Å². The summed E-state index contributed by atoms with van der Waals surface area (Å²) in [5.74, 6) is 0. The van der Waals surface area contributed by atoms with Gasteiger partial charge in [0.25, 0.3) is 0 Å². The molecule has 1 heteroatoms. The molecule has 0 N–H and O–H groups in total. The summed E-state index contributed by atoms with van der Waals surface area (Å²) in [6.07, 6.45) is 9.30. The molecule has 1 aliphatic rings. The Morgan fingerprint density at radius 3 is 1.77 bits per heavy atom. The normalized spacial score (nSPS) is 14.3. The van der Waals surface area contributed by atoms with Gasteiger partial charge in [-0.3, -0.25) is 0 Å². The van der Waals surface area contributed by atoms with E-state index in [2.05, 4.69) is 98.5 Å². The third kappa shape index (κ3) is 4.03. The molecule has 30 heavy (non-hydrogen) atoms. The SMILES string of the molecule is CCCCCCCCc1ccc(N2c3ccccc3C(C)(C)c3ccccc32)cc1. The fourth-order valence-electron chi connectivity index (χ4n) is 4.87. The van der Waals surface area contributed by atoms with Crippen LogP contribution in [-0.2, 0) is 11.8 Å². The summed E-state index contributed by atoms with van der Waals surface area (Å²) < 4.78 is 0. The van der Waals surface area contributed by atoms with E-state index in [9.17, 15) is 0 Å². The van der Waals surface area contributed by atoms with Gasteiger partial charge in [0.1, 0.15) is 0 Å². The highest BCUT2D eigenvalue weighted by molar-refractivity contribution is 5.85. The first kappa shape index (κ1) is 20.7. The smallest absolute Gasteiger partial charge is 0.0502 e. The quantitative estimate of drug-likeness (QED) is 0.344. The van der Waals surface area contributed by atoms with E-state index in [1.807, 2.05) is 0 Å². The molecule has 0 radical (unpaired) electrons. The summed E-state index contributed by atoms with van der Waals surface area (Å²) in [5, 5.41) is 0. The molecule has 3 aromatic carbocycles. The van der Waals surface area contributed by atoms with Crippen LogP contribution in [0.15, 0.2) is 72.8 Å². The molecule has 156 valence electrons. The van der Waals surface area contributed by atoms with Crippen molar-refractivity contribution in [2.45, 2.75) is 71.1 Å². The number of para-hydroxylation sites is 2. The molecule has 1 heterocycles. The second-order valence-corrected chi connectivity index (χ2v) is 9.18. The van der Waals surface area contributed by atoms with Crippen molar-refractivity contribution in [1.82, 2.24) is 0 Å². The Morgan fingerprint density at radius 1 is 0.633 bits per heavy atom. The highest BCUT2D eigenvalue weighted by atomic mass is 15.2. The van der Waals surface area contributed by atoms with Crippen molar-refractivity contribution in [2.24, 2.45) is 0 Å². The van der Waals surface area contributed by atoms with E-state index in [0.29, 0.717) is 0 Å². The van der Waals surface area contributed by atoms with E-state index in [1.54, 1.807) is 0 Å². The largest absolute Gasteiger partial charge is 0.310 e. The Balaban J connectivity index is 1.57. The van der Waals surface area contributed by atoms with Gasteiger partial charge in [-0.15, -0.1) is 0 Å². The van der Waals surface area contributed by atoms with Crippen LogP contribution in [0.25, 0.3) is 0 Å². The van der Waals surface area contributed by atoms with Crippen LogP contribution in [0.3, 0.4) is 0 Å². The highest BCUT2D eigenvalue weighted by Gasteiger charge is 2.36. The molecule has 0 aliphatic carbocycles. The second-order valence-electron chi connectivity index (χ2n) is 9.18. The minimum atomic E-state index is 0.00139. The minimum Gasteiger partial charge on any atom is -0.310 e. The molecule has 0 bridgehead atoms. The van der Waals surface area contributed by atoms with Gasteiger partial charge in [0.05, 0.1) is 11.4 Å². The number of nitrogens with zero attached hydrogens (tertiary/aromatic N) is 1. The van der Waals surface area contributed by atoms with Gasteiger partial charge < -0.3 is 4.90 Å². The minimum absolute atomic E-state index is 0.00139. The second kappa shape index (κ2) is 9.08. The van der Waals surface area contributed by atoms with E-state index >= 15 is 0 Å². The highest BCUT2D eigenvalue weighted by Crippen LogP contribution is 2.51. The van der Waals surface area contributed by atoms with Gasteiger partial charge in [-0.2, -0.15) is 0 Å². The summed E-state index contributed by atoms with van der Waals surface area (Å²) in [6.45, 7) is 6.96. The maximum Gasteiger partial charge on any atom is 0.0502 e. The summed E-state index contributed by atoms with van der Waals surface area (Å²) in [7, 11) is 0. The molecule has 1 nitrogen and oxygen atoms in total. The van der Waals surface area contributed by atoms with E-state index in [4.69, 9.17) is 0 Å². The predicted molar refractivity (Wildman–Crippen MR) is 130 cm³/mol. The van der Waals surface area contributed by atoms with Crippen LogP contribution in [0, 0.1) is 0 Å². The number of hydrogen-bond acceptors (Lipinski definition) is 1. The van der Waals surface area contributed by atoms with E-state index in [1.165, 1.54) is 78.7 Å². The zero-order valence-corrected chi connectivity index (χ0v) is 18.8. The molecule has 0 saturated carbocycles. The molecular weight excluding hydrogens is 362 g/mol. The topological polar surface area (TPSA) is 3.24 Å². The Hall–Kier alpha value is -2.54. The molecular formula is C29H35N. The van der Waals surface area contributed by atoms with Crippen LogP contribution < -0.4 is 4.90 Å². The number of fused-ring (bicyclic) bond motifs is 2. The average molecular weight is 398 g/mol. The lowest BCUT2D eigenvalue weighted by Crippen LogP contribution is -2.30. The number of unbranched alkanes of at least 4 members (excludes halogenated alkanes) is 5. The predicted octanol–water partition coefficient (Wildman–Crippen LogP) is 8.70. The summed E-state index contributed by atoms with van der Waals surface area (Å²) in [6, 6.07) is 27.0. The van der Waals surface area contributed by atoms with Crippen LogP contribution in [0.1, 0.15) is 76.0 Å². The van der Waals surface area contributed by atoms with Gasteiger partial charge in [0.2, 0.25) is 0 Å². The molecule has 1 aliphatic heterocycles. The number of aryl methyl sites for hydroxylation is 1. The molecule has 0 unspecified atom stereocenters. The Bertz CT molecular complexity index is 918. The van der Waals surface area contributed by atoms with Crippen molar-refractivity contribution in [3.8, 4) is 0 Å². The van der Waals surface area contributed by atoms with Gasteiger partial charge in [-0.05, 0) is 53.8 Å². The molecule has 0 amide bonds. The van der Waals surface area contributed by atoms with Crippen molar-refractivity contribution < 1.29 is 0 Å². The van der Waals surface area contributed by atoms with Crippen molar-refractivity contribution in [3.63, 3.8) is 0 Å². The monoisotopic (exact) mass is 397 g/mol. The number of rotatable bonds is 8. The lowest BCUT2D eigenvalue weighted by molar-refractivity contribution is 0.607. The Kier molecular flexibility index (Phi) is 6.27. The van der Waals surface area contributed by atoms with Crippen LogP contribution in [0.4, 0.5) is 17.1 Å². The Morgan fingerprint density at radius 2 is 1.17 bits per heavy atom. The molecule has 0 fully saturated rings. The number of anilines is 3. The van der Waals surface area contributed by atoms with Crippen molar-refractivity contribution in [3.05, 3.63) is 89.5 Å². The van der Waals surface area contributed by atoms with E-state index in [0.717, 1.165) is 0 Å². The van der Waals surface area contributed by atoms with Crippen molar-refractivity contribution in [1.29, 1.82) is 0 Å². The first-order valence-electron chi connectivity index (χ1n) is 11.7. The Labute approximate surface area is 182 Å². The zero-order chi connectivity index (χ0) is 21.0. The van der Waals surface area contributed by atoms with Crippen molar-refractivity contribution >= 4 is 17.1 Å². The van der Waals surface area contributed by atoms with Crippen LogP contribution in [0.5, 0.6) is 0 Å². The lowest BCUT2D eigenvalue weighted by atomic mass is 9.73. The number of hydrogen-bond donors (Lipinski definition) is 0. The lowest BCUT2D eigenvalue weighted by Gasteiger charge is -2.42. The third-order valence-corrected chi connectivity index (χ3v) is 6.65. The van der Waals surface area contributed by atoms with E-state index < -0.39 is 0 Å². The summed E-state index contributed by atoms with van der Waals surface area (Å²) in [5.41, 5.74) is 8.07. The summed E-state index contributed by atoms with van der Waals surface area (Å²) >= 11 is 0. The molecule has 0 saturated heterocycles. The van der Waals surface area contributed by atoms with Crippen LogP contribution in [0.2, 0.25) is 0 Å². The first-order valence-corrected chi connectivity index (χ1v) is 11.7. The summed E-state index contributed by atoms with van der Waals surface area (Å²) in [4.78, 5) is 2.43. The standard InChI is InChI=1S/C29H35N/c1-4-5-6-7-8-9-14-23-19-21-24(22-20-23)30-27-17-12-10-15-25(27)29(2,3)26-16-11-13-18-28(26)30/h10-13,15-22H,4-9,14H2,1-3H3. The van der Waals surface area contributed by atoms with Crippen LogP contribution in [-0.4, -0.2) is 0 Å². The van der Waals surface area contributed by atoms with Crippen LogP contribution >= 0.6 is 0 Å². The van der Waals surface area contributed by atoms with Gasteiger partial charge in [-0.1, -0.05) is 101 Å². The maximum absolute atomic E-state index is 2.43.